The molecule has 106 valence electrons. The monoisotopic (exact) mass is 310 g/mol. The second-order valence-electron chi connectivity index (χ2n) is 4.62. The fourth-order valence-electron chi connectivity index (χ4n) is 2.28. The molecule has 0 saturated carbocycles. The maximum Gasteiger partial charge on any atom is 0.200 e. The van der Waals surface area contributed by atoms with Crippen molar-refractivity contribution in [2.75, 3.05) is 24.6 Å². The Balaban J connectivity index is 1.93. The van der Waals surface area contributed by atoms with E-state index in [9.17, 15) is 4.39 Å². The zero-order valence-corrected chi connectivity index (χ0v) is 12.5. The molecule has 0 aliphatic carbocycles. The van der Waals surface area contributed by atoms with E-state index in [2.05, 4.69) is 15.1 Å². The van der Waals surface area contributed by atoms with Gasteiger partial charge >= 0.3 is 0 Å². The van der Waals surface area contributed by atoms with E-state index in [4.69, 9.17) is 12.2 Å². The molecule has 0 radical (unpaired) electrons. The number of aromatic amines is 1. The number of hydrogen-bond donors (Lipinski definition) is 1. The largest absolute Gasteiger partial charge is 0.294 e. The van der Waals surface area contributed by atoms with Gasteiger partial charge in [0.25, 0.3) is 0 Å². The lowest BCUT2D eigenvalue weighted by molar-refractivity contribution is 0.285. The van der Waals surface area contributed by atoms with Crippen molar-refractivity contribution in [1.29, 1.82) is 0 Å². The second-order valence-corrected chi connectivity index (χ2v) is 6.23. The van der Waals surface area contributed by atoms with Crippen LogP contribution in [0.5, 0.6) is 0 Å². The summed E-state index contributed by atoms with van der Waals surface area (Å²) in [4.78, 5) is 2.32. The van der Waals surface area contributed by atoms with Gasteiger partial charge in [0.05, 0.1) is 12.2 Å². The van der Waals surface area contributed by atoms with E-state index >= 15 is 0 Å². The third kappa shape index (κ3) is 2.79. The predicted molar refractivity (Wildman–Crippen MR) is 81.3 cm³/mol. The average molecular weight is 310 g/mol. The van der Waals surface area contributed by atoms with Gasteiger partial charge in [-0.3, -0.25) is 14.6 Å². The SMILES string of the molecule is Fc1ccccc1-n1c(CN2CCSCC2)n[nH]c1=S. The number of H-pyrrole nitrogens is 1. The molecular weight excluding hydrogens is 295 g/mol. The van der Waals surface area contributed by atoms with Crippen molar-refractivity contribution in [2.24, 2.45) is 0 Å². The number of thioether (sulfide) groups is 1. The number of para-hydroxylation sites is 1. The minimum absolute atomic E-state index is 0.291. The van der Waals surface area contributed by atoms with Gasteiger partial charge in [-0.2, -0.15) is 16.9 Å². The second kappa shape index (κ2) is 6.07. The zero-order valence-electron chi connectivity index (χ0n) is 10.9. The molecule has 1 aromatic heterocycles. The number of nitrogens with one attached hydrogen (secondary N) is 1. The lowest BCUT2D eigenvalue weighted by atomic mass is 10.3. The highest BCUT2D eigenvalue weighted by molar-refractivity contribution is 7.99. The van der Waals surface area contributed by atoms with Gasteiger partial charge in [-0.25, -0.2) is 4.39 Å². The first-order valence-electron chi connectivity index (χ1n) is 6.47. The molecule has 2 aromatic rings. The van der Waals surface area contributed by atoms with E-state index in [0.717, 1.165) is 30.4 Å². The molecule has 1 saturated heterocycles. The quantitative estimate of drug-likeness (QED) is 0.884. The Morgan fingerprint density at radius 1 is 1.30 bits per heavy atom. The normalized spacial score (nSPS) is 16.4. The molecule has 0 amide bonds. The highest BCUT2D eigenvalue weighted by Gasteiger charge is 2.17. The predicted octanol–water partition coefficient (Wildman–Crippen LogP) is 2.62. The van der Waals surface area contributed by atoms with E-state index in [1.165, 1.54) is 6.07 Å². The first kappa shape index (κ1) is 13.8. The number of hydrogen-bond acceptors (Lipinski definition) is 4. The number of halogens is 1. The molecule has 0 spiro atoms. The number of nitrogens with zero attached hydrogens (tertiary/aromatic N) is 3. The van der Waals surface area contributed by atoms with Crippen LogP contribution >= 0.6 is 24.0 Å². The Morgan fingerprint density at radius 2 is 2.05 bits per heavy atom. The van der Waals surface area contributed by atoms with Crippen LogP contribution in [0.25, 0.3) is 5.69 Å². The Labute approximate surface area is 126 Å². The van der Waals surface area contributed by atoms with Gasteiger partial charge in [-0.1, -0.05) is 12.1 Å². The van der Waals surface area contributed by atoms with Crippen LogP contribution in [0.2, 0.25) is 0 Å². The molecule has 0 unspecified atom stereocenters. The summed E-state index contributed by atoms with van der Waals surface area (Å²) < 4.78 is 16.1. The third-order valence-electron chi connectivity index (χ3n) is 3.30. The third-order valence-corrected chi connectivity index (χ3v) is 4.52. The van der Waals surface area contributed by atoms with Gasteiger partial charge in [-0.05, 0) is 24.4 Å². The van der Waals surface area contributed by atoms with Crippen LogP contribution in [-0.4, -0.2) is 44.3 Å². The summed E-state index contributed by atoms with van der Waals surface area (Å²) in [7, 11) is 0. The van der Waals surface area contributed by atoms with Gasteiger partial charge in [0, 0.05) is 24.6 Å². The fourth-order valence-corrected chi connectivity index (χ4v) is 3.50. The first-order chi connectivity index (χ1) is 9.75. The van der Waals surface area contributed by atoms with Crippen molar-refractivity contribution < 1.29 is 4.39 Å². The average Bonchev–Trinajstić information content (AvgIpc) is 2.82. The summed E-state index contributed by atoms with van der Waals surface area (Å²) in [5, 5.41) is 7.03. The minimum atomic E-state index is -0.291. The van der Waals surface area contributed by atoms with E-state index in [1.54, 1.807) is 22.8 Å². The molecule has 20 heavy (non-hydrogen) atoms. The van der Waals surface area contributed by atoms with Gasteiger partial charge < -0.3 is 0 Å². The summed E-state index contributed by atoms with van der Waals surface area (Å²) in [5.74, 6) is 2.72. The Bertz CT molecular complexity index is 646. The highest BCUT2D eigenvalue weighted by atomic mass is 32.2. The summed E-state index contributed by atoms with van der Waals surface area (Å²) in [6, 6.07) is 6.63. The number of benzene rings is 1. The minimum Gasteiger partial charge on any atom is -0.294 e. The molecule has 0 atom stereocenters. The lowest BCUT2D eigenvalue weighted by Gasteiger charge is -2.25. The first-order valence-corrected chi connectivity index (χ1v) is 8.03. The molecular formula is C13H15FN4S2. The summed E-state index contributed by atoms with van der Waals surface area (Å²) in [6.07, 6.45) is 0. The molecule has 1 aliphatic rings. The van der Waals surface area contributed by atoms with Crippen LogP contribution in [0.3, 0.4) is 0 Å². The molecule has 1 fully saturated rings. The van der Waals surface area contributed by atoms with Crippen molar-refractivity contribution in [3.8, 4) is 5.69 Å². The van der Waals surface area contributed by atoms with Crippen LogP contribution in [0.4, 0.5) is 4.39 Å². The maximum atomic E-state index is 14.0. The van der Waals surface area contributed by atoms with Crippen LogP contribution in [0.15, 0.2) is 24.3 Å². The topological polar surface area (TPSA) is 36.9 Å². The van der Waals surface area contributed by atoms with Gasteiger partial charge in [0.15, 0.2) is 4.77 Å². The van der Waals surface area contributed by atoms with Gasteiger partial charge in [0.2, 0.25) is 0 Å². The van der Waals surface area contributed by atoms with E-state index < -0.39 is 0 Å². The zero-order chi connectivity index (χ0) is 13.9. The molecule has 4 nitrogen and oxygen atoms in total. The Kier molecular flexibility index (Phi) is 4.18. The fraction of sp³-hybridized carbons (Fsp3) is 0.385. The molecule has 3 rings (SSSR count). The smallest absolute Gasteiger partial charge is 0.200 e. The molecule has 2 heterocycles. The summed E-state index contributed by atoms with van der Waals surface area (Å²) in [5.41, 5.74) is 0.452. The van der Waals surface area contributed by atoms with E-state index in [1.807, 2.05) is 11.8 Å². The number of aromatic nitrogens is 3. The van der Waals surface area contributed by atoms with Gasteiger partial charge in [-0.15, -0.1) is 0 Å². The Morgan fingerprint density at radius 3 is 2.80 bits per heavy atom. The molecule has 7 heteroatoms. The van der Waals surface area contributed by atoms with Crippen molar-refractivity contribution in [3.63, 3.8) is 0 Å². The Hall–Kier alpha value is -1.18. The number of rotatable bonds is 3. The van der Waals surface area contributed by atoms with Crippen LogP contribution in [0, 0.1) is 10.6 Å². The molecule has 0 bridgehead atoms. The van der Waals surface area contributed by atoms with Crippen LogP contribution in [0.1, 0.15) is 5.82 Å². The highest BCUT2D eigenvalue weighted by Crippen LogP contribution is 2.17. The standard InChI is InChI=1S/C13H15FN4S2/c14-10-3-1-2-4-11(10)18-12(15-16-13(18)19)9-17-5-7-20-8-6-17/h1-4H,5-9H2,(H,16,19). The molecule has 1 aromatic carbocycles. The van der Waals surface area contributed by atoms with E-state index in [-0.39, 0.29) is 5.82 Å². The van der Waals surface area contributed by atoms with Crippen molar-refractivity contribution >= 4 is 24.0 Å². The van der Waals surface area contributed by atoms with Crippen LogP contribution < -0.4 is 0 Å². The molecule has 1 N–H and O–H groups in total. The maximum absolute atomic E-state index is 14.0. The van der Waals surface area contributed by atoms with Crippen molar-refractivity contribution in [1.82, 2.24) is 19.7 Å². The lowest BCUT2D eigenvalue weighted by Crippen LogP contribution is -2.33. The molecule has 1 aliphatic heterocycles. The van der Waals surface area contributed by atoms with Crippen molar-refractivity contribution in [3.05, 3.63) is 40.7 Å². The van der Waals surface area contributed by atoms with E-state index in [0.29, 0.717) is 17.0 Å². The summed E-state index contributed by atoms with van der Waals surface area (Å²) in [6.45, 7) is 2.74. The van der Waals surface area contributed by atoms with Gasteiger partial charge in [0.1, 0.15) is 11.6 Å². The van der Waals surface area contributed by atoms with Crippen molar-refractivity contribution in [2.45, 2.75) is 6.54 Å². The van der Waals surface area contributed by atoms with Crippen LogP contribution in [-0.2, 0) is 6.54 Å². The summed E-state index contributed by atoms with van der Waals surface area (Å²) >= 11 is 7.20.